The zero-order valence-electron chi connectivity index (χ0n) is 6.14. The molecule has 8 heavy (non-hydrogen) atoms. The van der Waals surface area contributed by atoms with E-state index < -0.39 is 0 Å². The van der Waals surface area contributed by atoms with E-state index >= 15 is 0 Å². The van der Waals surface area contributed by atoms with E-state index in [2.05, 4.69) is 0 Å². The van der Waals surface area contributed by atoms with Gasteiger partial charge in [0, 0.05) is 0 Å². The summed E-state index contributed by atoms with van der Waals surface area (Å²) in [6.45, 7) is 6.46. The van der Waals surface area contributed by atoms with Crippen molar-refractivity contribution < 1.29 is 4.65 Å². The standard InChI is InChI=1S/C6H15NO/c1-5-7(4,8)6(2)3/h6H,5H2,1-4H3. The Morgan fingerprint density at radius 3 is 1.88 bits per heavy atom. The molecule has 0 aromatic rings. The van der Waals surface area contributed by atoms with Gasteiger partial charge in [0.15, 0.2) is 0 Å². The van der Waals surface area contributed by atoms with Crippen LogP contribution in [0.4, 0.5) is 0 Å². The third-order valence-corrected chi connectivity index (χ3v) is 1.72. The van der Waals surface area contributed by atoms with E-state index in [-0.39, 0.29) is 10.7 Å². The van der Waals surface area contributed by atoms with Crippen molar-refractivity contribution >= 4 is 0 Å². The maximum Gasteiger partial charge on any atom is 0.0828 e. The Morgan fingerprint density at radius 1 is 1.50 bits per heavy atom. The second-order valence-corrected chi connectivity index (χ2v) is 2.58. The van der Waals surface area contributed by atoms with Gasteiger partial charge in [-0.1, -0.05) is 0 Å². The highest BCUT2D eigenvalue weighted by Gasteiger charge is 2.10. The van der Waals surface area contributed by atoms with Crippen molar-refractivity contribution in [2.75, 3.05) is 13.6 Å². The Kier molecular flexibility index (Phi) is 2.44. The summed E-state index contributed by atoms with van der Waals surface area (Å²) in [4.78, 5) is 0. The largest absolute Gasteiger partial charge is 0.633 e. The van der Waals surface area contributed by atoms with Gasteiger partial charge in [-0.05, 0) is 20.8 Å². The molecule has 0 aromatic carbocycles. The second-order valence-electron chi connectivity index (χ2n) is 2.58. The Morgan fingerprint density at radius 2 is 1.88 bits per heavy atom. The molecular weight excluding hydrogens is 102 g/mol. The fourth-order valence-electron chi connectivity index (χ4n) is 0.365. The molecule has 0 radical (unpaired) electrons. The minimum atomic E-state index is -0.125. The molecule has 2 nitrogen and oxygen atoms in total. The lowest BCUT2D eigenvalue weighted by Crippen LogP contribution is -2.43. The van der Waals surface area contributed by atoms with Gasteiger partial charge in [0.1, 0.15) is 0 Å². The average molecular weight is 117 g/mol. The first-order valence-electron chi connectivity index (χ1n) is 3.07. The van der Waals surface area contributed by atoms with Gasteiger partial charge in [-0.25, -0.2) is 0 Å². The van der Waals surface area contributed by atoms with Gasteiger partial charge < -0.3 is 9.85 Å². The third-order valence-electron chi connectivity index (χ3n) is 1.72. The Balaban J connectivity index is 3.71. The first-order chi connectivity index (χ1) is 3.50. The van der Waals surface area contributed by atoms with Crippen LogP contribution in [0.1, 0.15) is 20.8 Å². The van der Waals surface area contributed by atoms with Gasteiger partial charge in [0.2, 0.25) is 0 Å². The lowest BCUT2D eigenvalue weighted by Gasteiger charge is -2.41. The zero-order chi connectivity index (χ0) is 6.78. The molecule has 1 unspecified atom stereocenters. The number of hydrogen-bond acceptors (Lipinski definition) is 1. The first kappa shape index (κ1) is 7.92. The maximum absolute atomic E-state index is 11.1. The topological polar surface area (TPSA) is 23.1 Å². The van der Waals surface area contributed by atoms with Crippen molar-refractivity contribution in [1.29, 1.82) is 0 Å². The van der Waals surface area contributed by atoms with Gasteiger partial charge >= 0.3 is 0 Å². The summed E-state index contributed by atoms with van der Waals surface area (Å²) in [5, 5.41) is 11.1. The fraction of sp³-hybridized carbons (Fsp3) is 1.00. The molecule has 1 atom stereocenters. The van der Waals surface area contributed by atoms with Crippen molar-refractivity contribution in [3.63, 3.8) is 0 Å². The van der Waals surface area contributed by atoms with Crippen molar-refractivity contribution in [1.82, 2.24) is 0 Å². The summed E-state index contributed by atoms with van der Waals surface area (Å²) < 4.78 is -0.125. The van der Waals surface area contributed by atoms with Gasteiger partial charge in [-0.15, -0.1) is 0 Å². The number of hydroxylamine groups is 3. The van der Waals surface area contributed by atoms with Gasteiger partial charge in [0.05, 0.1) is 19.6 Å². The first-order valence-corrected chi connectivity index (χ1v) is 3.07. The molecule has 0 spiro atoms. The van der Waals surface area contributed by atoms with Gasteiger partial charge in [-0.3, -0.25) is 0 Å². The van der Waals surface area contributed by atoms with Crippen molar-refractivity contribution in [2.24, 2.45) is 0 Å². The monoisotopic (exact) mass is 117 g/mol. The van der Waals surface area contributed by atoms with Crippen LogP contribution in [0.5, 0.6) is 0 Å². The van der Waals surface area contributed by atoms with E-state index in [1.54, 1.807) is 7.05 Å². The molecule has 0 amide bonds. The SMILES string of the molecule is CC[N+](C)([O-])C(C)C. The van der Waals surface area contributed by atoms with E-state index in [1.807, 2.05) is 20.8 Å². The quantitative estimate of drug-likeness (QED) is 0.395. The van der Waals surface area contributed by atoms with Crippen LogP contribution in [0.2, 0.25) is 0 Å². The van der Waals surface area contributed by atoms with Crippen LogP contribution in [-0.2, 0) is 0 Å². The number of hydrogen-bond donors (Lipinski definition) is 0. The van der Waals surface area contributed by atoms with Gasteiger partial charge in [0.25, 0.3) is 0 Å². The molecule has 0 aliphatic carbocycles. The smallest absolute Gasteiger partial charge is 0.0828 e. The summed E-state index contributed by atoms with van der Waals surface area (Å²) in [7, 11) is 1.70. The van der Waals surface area contributed by atoms with Crippen molar-refractivity contribution in [3.05, 3.63) is 5.21 Å². The van der Waals surface area contributed by atoms with E-state index in [9.17, 15) is 5.21 Å². The molecule has 0 heterocycles. The predicted octanol–water partition coefficient (Wildman–Crippen LogP) is 1.36. The molecule has 0 N–H and O–H groups in total. The normalized spacial score (nSPS) is 18.8. The highest BCUT2D eigenvalue weighted by atomic mass is 16.5. The van der Waals surface area contributed by atoms with Crippen LogP contribution >= 0.6 is 0 Å². The summed E-state index contributed by atoms with van der Waals surface area (Å²) in [6, 6.07) is 0.194. The molecule has 0 saturated heterocycles. The highest BCUT2D eigenvalue weighted by Crippen LogP contribution is 2.04. The molecule has 0 aromatic heterocycles. The summed E-state index contributed by atoms with van der Waals surface area (Å²) in [5.41, 5.74) is 0. The summed E-state index contributed by atoms with van der Waals surface area (Å²) >= 11 is 0. The molecule has 0 aliphatic rings. The Labute approximate surface area is 51.3 Å². The summed E-state index contributed by atoms with van der Waals surface area (Å²) in [6.07, 6.45) is 0. The van der Waals surface area contributed by atoms with Crippen LogP contribution in [0.3, 0.4) is 0 Å². The lowest BCUT2D eigenvalue weighted by molar-refractivity contribution is -0.880. The molecule has 0 saturated carbocycles. The summed E-state index contributed by atoms with van der Waals surface area (Å²) in [5.74, 6) is 0. The number of nitrogens with zero attached hydrogens (tertiary/aromatic N) is 1. The number of quaternary nitrogens is 1. The lowest BCUT2D eigenvalue weighted by atomic mass is 10.3. The van der Waals surface area contributed by atoms with Crippen LogP contribution in [0.25, 0.3) is 0 Å². The predicted molar refractivity (Wildman–Crippen MR) is 35.2 cm³/mol. The molecule has 2 heteroatoms. The van der Waals surface area contributed by atoms with Crippen LogP contribution in [-0.4, -0.2) is 24.3 Å². The van der Waals surface area contributed by atoms with Crippen LogP contribution in [0, 0.1) is 5.21 Å². The van der Waals surface area contributed by atoms with Gasteiger partial charge in [-0.2, -0.15) is 0 Å². The Bertz CT molecular complexity index is 68.9. The third kappa shape index (κ3) is 1.80. The molecule has 0 rings (SSSR count). The van der Waals surface area contributed by atoms with E-state index in [0.29, 0.717) is 6.54 Å². The minimum Gasteiger partial charge on any atom is -0.633 e. The molecule has 0 bridgehead atoms. The van der Waals surface area contributed by atoms with E-state index in [1.165, 1.54) is 0 Å². The van der Waals surface area contributed by atoms with Crippen molar-refractivity contribution in [2.45, 2.75) is 26.8 Å². The Hall–Kier alpha value is -0.0800. The average Bonchev–Trinajstić information content (AvgIpc) is 1.67. The molecule has 50 valence electrons. The minimum absolute atomic E-state index is 0.125. The van der Waals surface area contributed by atoms with E-state index in [0.717, 1.165) is 0 Å². The second kappa shape index (κ2) is 2.46. The highest BCUT2D eigenvalue weighted by molar-refractivity contribution is 4.40. The van der Waals surface area contributed by atoms with Crippen LogP contribution in [0.15, 0.2) is 0 Å². The maximum atomic E-state index is 11.1. The van der Waals surface area contributed by atoms with E-state index in [4.69, 9.17) is 0 Å². The molecule has 0 fully saturated rings. The van der Waals surface area contributed by atoms with Crippen molar-refractivity contribution in [3.8, 4) is 0 Å². The molecule has 0 aliphatic heterocycles. The van der Waals surface area contributed by atoms with Crippen LogP contribution < -0.4 is 0 Å². The zero-order valence-corrected chi connectivity index (χ0v) is 6.14. The molecular formula is C6H15NO. The number of rotatable bonds is 2. The fourth-order valence-corrected chi connectivity index (χ4v) is 0.365.